The van der Waals surface area contributed by atoms with E-state index in [1.807, 2.05) is 0 Å². The Bertz CT molecular complexity index is 2500. The molecule has 0 spiro atoms. The molecule has 1 heterocycles. The Kier molecular flexibility index (Phi) is 42.9. The number of nitrogens with two attached hydrogens (primary N) is 5. The van der Waals surface area contributed by atoms with Gasteiger partial charge in [0.15, 0.2) is 0 Å². The van der Waals surface area contributed by atoms with Crippen molar-refractivity contribution in [1.29, 1.82) is 0 Å². The van der Waals surface area contributed by atoms with E-state index in [4.69, 9.17) is 63.7 Å². The lowest BCUT2D eigenvalue weighted by Crippen LogP contribution is -2.62. The first kappa shape index (κ1) is 86.7. The Morgan fingerprint density at radius 2 is 0.967 bits per heavy atom. The molecule has 1 rings (SSSR count). The standard InChI is InChI=1S/C52H98N16O13.2H2O4S/c1-27(2)11-9-10-12-40(71)60-33(13-19-53)49(78)68-42(31(8)70)52(81)65-36(16-22-56)46(75)64-38-18-24-58-51(80)41(30(7)69)67-50(79)37(17-23-57)63-45(74)34(14-20-54)61-43(72)32(29(5)6)26-59-44(73)39(25-28(3)4)66-47(76)35(15-21-55)62-48(38)77;2*1-5(2,3)4/h27-39,41-42,69-70H,9-26,53-57H2,1-8H3,(H,58,80)(H,59,73)(H,60,71)(H,61,72)(H,62,77)(H,63,74)(H,64,75)(H,65,81)(H,66,76)(H,67,79)(H,68,78);2*(H2,1,2,3,4)/t30-,31-,32+,33-,34+,35+,36-,37+,38-,39-,41+,42+;;/m1../s1. The third-order valence-electron chi connectivity index (χ3n) is 13.4. The summed E-state index contributed by atoms with van der Waals surface area (Å²) in [6.45, 7) is 12.3. The maximum absolute atomic E-state index is 14.4. The highest BCUT2D eigenvalue weighted by atomic mass is 32.3. The van der Waals surface area contributed by atoms with Gasteiger partial charge in [0.05, 0.1) is 18.1 Å². The lowest BCUT2D eigenvalue weighted by atomic mass is 9.93. The molecule has 1 aliphatic rings. The molecule has 0 bridgehead atoms. The van der Waals surface area contributed by atoms with Gasteiger partial charge in [-0.3, -0.25) is 71.0 Å². The molecular formula is C52H102N16O21S2. The van der Waals surface area contributed by atoms with Crippen LogP contribution in [0.4, 0.5) is 0 Å². The number of unbranched alkanes of at least 4 members (excludes halogenated alkanes) is 1. The number of amides is 11. The van der Waals surface area contributed by atoms with Gasteiger partial charge in [-0.05, 0) is 116 Å². The Hall–Kier alpha value is -6.37. The van der Waals surface area contributed by atoms with Crippen molar-refractivity contribution in [3.05, 3.63) is 0 Å². The quantitative estimate of drug-likeness (QED) is 0.0268. The SMILES string of the molecule is CC(C)CCCCC(=O)N[C@H](CCN)C(=O)N[C@H](C(=O)N[C@H](CCN)C(=O)N[C@@H]1CCNC(=O)[C@H]([C@@H](C)O)NC(=O)[C@H](CCN)NC(=O)[C@H](CCN)NC(=O)[C@H](C(C)C)CNC(=O)[C@@H](CC(C)C)NC(=O)[C@H](CCN)NC1=O)[C@@H](C)O.O=S(=O)(O)O.O=S(=O)(O)O. The average Bonchev–Trinajstić information content (AvgIpc) is 2.37. The van der Waals surface area contributed by atoms with Gasteiger partial charge in [-0.2, -0.15) is 16.8 Å². The molecule has 27 N–H and O–H groups in total. The largest absolute Gasteiger partial charge is 0.394 e. The fraction of sp³-hybridized carbons (Fsp3) is 0.788. The molecule has 1 aliphatic heterocycles. The first-order chi connectivity index (χ1) is 42.1. The van der Waals surface area contributed by atoms with E-state index < -0.39 is 177 Å². The minimum atomic E-state index is -4.67. The van der Waals surface area contributed by atoms with Crippen molar-refractivity contribution in [2.24, 2.45) is 52.3 Å². The van der Waals surface area contributed by atoms with Gasteiger partial charge >= 0.3 is 20.8 Å². The summed E-state index contributed by atoms with van der Waals surface area (Å²) < 4.78 is 63.2. The van der Waals surface area contributed by atoms with Crippen molar-refractivity contribution in [3.63, 3.8) is 0 Å². The second-order valence-electron chi connectivity index (χ2n) is 22.7. The lowest BCUT2D eigenvalue weighted by molar-refractivity contribution is -0.137. The summed E-state index contributed by atoms with van der Waals surface area (Å²) in [4.78, 5) is 152. The van der Waals surface area contributed by atoms with Gasteiger partial charge in [-0.15, -0.1) is 0 Å². The van der Waals surface area contributed by atoms with Crippen LogP contribution in [0.2, 0.25) is 0 Å². The number of hydrogen-bond donors (Lipinski definition) is 22. The molecule has 0 radical (unpaired) electrons. The molecule has 0 aromatic heterocycles. The van der Waals surface area contributed by atoms with Crippen molar-refractivity contribution < 1.29 is 98.0 Å². The predicted octanol–water partition coefficient (Wildman–Crippen LogP) is -7.28. The molecule has 11 amide bonds. The maximum Gasteiger partial charge on any atom is 0.394 e. The van der Waals surface area contributed by atoms with Gasteiger partial charge in [0.25, 0.3) is 0 Å². The van der Waals surface area contributed by atoms with E-state index in [-0.39, 0.29) is 90.1 Å². The molecule has 39 heteroatoms. The monoisotopic (exact) mass is 1350 g/mol. The maximum atomic E-state index is 14.4. The highest BCUT2D eigenvalue weighted by Crippen LogP contribution is 2.14. The van der Waals surface area contributed by atoms with Crippen molar-refractivity contribution in [1.82, 2.24) is 58.5 Å². The van der Waals surface area contributed by atoms with Crippen LogP contribution < -0.4 is 87.2 Å². The number of carbonyl (C=O) groups is 11. The number of hydrogen-bond acceptors (Lipinski definition) is 22. The molecule has 1 saturated heterocycles. The average molecular weight is 1350 g/mol. The van der Waals surface area contributed by atoms with Crippen molar-refractivity contribution in [2.45, 2.75) is 193 Å². The molecule has 1 fully saturated rings. The second-order valence-corrected chi connectivity index (χ2v) is 24.5. The summed E-state index contributed by atoms with van der Waals surface area (Å²) in [5.74, 6) is -10.3. The normalized spacial score (nSPS) is 22.1. The molecule has 0 aromatic carbocycles. The predicted molar refractivity (Wildman–Crippen MR) is 329 cm³/mol. The Morgan fingerprint density at radius 3 is 1.40 bits per heavy atom. The number of aliphatic hydroxyl groups excluding tert-OH is 2. The summed E-state index contributed by atoms with van der Waals surface area (Å²) in [6, 6.07) is -13.0. The van der Waals surface area contributed by atoms with Crippen molar-refractivity contribution in [2.75, 3.05) is 45.8 Å². The number of nitrogens with one attached hydrogen (secondary N) is 11. The molecule has 0 saturated carbocycles. The number of carbonyl (C=O) groups excluding carboxylic acids is 11. The van der Waals surface area contributed by atoms with Gasteiger partial charge in [0.1, 0.15) is 54.4 Å². The zero-order valence-electron chi connectivity index (χ0n) is 52.9. The van der Waals surface area contributed by atoms with Crippen molar-refractivity contribution >= 4 is 85.8 Å². The van der Waals surface area contributed by atoms with E-state index in [0.717, 1.165) is 12.8 Å². The highest BCUT2D eigenvalue weighted by molar-refractivity contribution is 7.80. The van der Waals surface area contributed by atoms with Crippen LogP contribution in [0.15, 0.2) is 0 Å². The topological polar surface area (TPSA) is 640 Å². The molecule has 0 aromatic rings. The fourth-order valence-electron chi connectivity index (χ4n) is 8.62. The minimum Gasteiger partial charge on any atom is -0.391 e. The van der Waals surface area contributed by atoms with Crippen LogP contribution in [0.5, 0.6) is 0 Å². The molecule has 37 nitrogen and oxygen atoms in total. The molecule has 528 valence electrons. The summed E-state index contributed by atoms with van der Waals surface area (Å²) >= 11 is 0. The molecular weight excluding hydrogens is 1250 g/mol. The van der Waals surface area contributed by atoms with E-state index in [2.05, 4.69) is 72.3 Å². The zero-order valence-corrected chi connectivity index (χ0v) is 54.5. The second kappa shape index (κ2) is 45.0. The van der Waals surface area contributed by atoms with E-state index >= 15 is 0 Å². The summed E-state index contributed by atoms with van der Waals surface area (Å²) in [7, 11) is -9.33. The zero-order chi connectivity index (χ0) is 70.5. The Balaban J connectivity index is 0. The first-order valence-corrected chi connectivity index (χ1v) is 32.5. The third-order valence-corrected chi connectivity index (χ3v) is 13.4. The van der Waals surface area contributed by atoms with Crippen LogP contribution in [0.3, 0.4) is 0 Å². The van der Waals surface area contributed by atoms with Crippen LogP contribution in [-0.4, -0.2) is 223 Å². The Morgan fingerprint density at radius 1 is 0.516 bits per heavy atom. The third kappa shape index (κ3) is 39.6. The van der Waals surface area contributed by atoms with Crippen molar-refractivity contribution in [3.8, 4) is 0 Å². The molecule has 0 aliphatic carbocycles. The van der Waals surface area contributed by atoms with E-state index in [0.29, 0.717) is 12.3 Å². The van der Waals surface area contributed by atoms with Gasteiger partial charge in [-0.25, -0.2) is 0 Å². The molecule has 91 heavy (non-hydrogen) atoms. The van der Waals surface area contributed by atoms with E-state index in [1.165, 1.54) is 13.8 Å². The van der Waals surface area contributed by atoms with E-state index in [1.54, 1.807) is 27.7 Å². The smallest absolute Gasteiger partial charge is 0.391 e. The molecule has 0 unspecified atom stereocenters. The lowest BCUT2D eigenvalue weighted by Gasteiger charge is -2.29. The van der Waals surface area contributed by atoms with Gasteiger partial charge < -0.3 is 97.4 Å². The molecule has 12 atom stereocenters. The van der Waals surface area contributed by atoms with Crippen LogP contribution >= 0.6 is 0 Å². The van der Waals surface area contributed by atoms with Gasteiger partial charge in [-0.1, -0.05) is 54.4 Å². The summed E-state index contributed by atoms with van der Waals surface area (Å²) in [6.07, 6.45) is -1.74. The Labute approximate surface area is 531 Å². The number of aliphatic hydroxyl groups is 2. The van der Waals surface area contributed by atoms with Crippen LogP contribution in [0.1, 0.15) is 126 Å². The fourth-order valence-corrected chi connectivity index (χ4v) is 8.62. The minimum absolute atomic E-state index is 0.0128. The van der Waals surface area contributed by atoms with Crippen LogP contribution in [0, 0.1) is 23.7 Å². The highest BCUT2D eigenvalue weighted by Gasteiger charge is 2.37. The van der Waals surface area contributed by atoms with E-state index in [9.17, 15) is 63.0 Å². The van der Waals surface area contributed by atoms with Crippen LogP contribution in [0.25, 0.3) is 0 Å². The number of rotatable bonds is 27. The summed E-state index contributed by atoms with van der Waals surface area (Å²) in [5, 5.41) is 49.6. The van der Waals surface area contributed by atoms with Crippen LogP contribution in [-0.2, 0) is 73.5 Å². The van der Waals surface area contributed by atoms with Gasteiger partial charge in [0, 0.05) is 19.5 Å². The van der Waals surface area contributed by atoms with Gasteiger partial charge in [0.2, 0.25) is 65.0 Å². The summed E-state index contributed by atoms with van der Waals surface area (Å²) in [5.41, 5.74) is 29.2. The first-order valence-electron chi connectivity index (χ1n) is 29.7.